The molecule has 0 saturated heterocycles. The Balaban J connectivity index is 4.25. The molecule has 6 heteroatoms. The van der Waals surface area contributed by atoms with Gasteiger partial charge in [-0.25, -0.2) is 0 Å². The molecular weight excluding hydrogens is 1020 g/mol. The largest absolute Gasteiger partial charge is 0.462 e. The number of carbonyl (C=O) groups is 3. The summed E-state index contributed by atoms with van der Waals surface area (Å²) in [5.41, 5.74) is 0. The fraction of sp³-hybridized carbons (Fsp3) is 0.701. The summed E-state index contributed by atoms with van der Waals surface area (Å²) in [6.45, 7) is 6.31. The second-order valence-corrected chi connectivity index (χ2v) is 23.0. The van der Waals surface area contributed by atoms with E-state index in [0.29, 0.717) is 19.3 Å². The monoisotopic (exact) mass is 1150 g/mol. The number of hydrogen-bond acceptors (Lipinski definition) is 6. The van der Waals surface area contributed by atoms with Crippen molar-refractivity contribution in [3.8, 4) is 0 Å². The minimum absolute atomic E-state index is 0.131. The molecule has 0 saturated carbocycles. The SMILES string of the molecule is CC/C=C\C/C=C\C/C=C\C/C=C\C/C=C\C/C=C\CCC(=O)OC(COC(=O)CC/C=C\C/C=C\C/C=C\C/C=C\CC)COC(=O)CCCCCCCCCCCCCCCCCCCCCCCCCCCCCCCCCCC. The zero-order valence-electron chi connectivity index (χ0n) is 54.4. The average Bonchev–Trinajstić information content (AvgIpc) is 3.49. The topological polar surface area (TPSA) is 78.9 Å². The van der Waals surface area contributed by atoms with Crippen molar-refractivity contribution in [2.75, 3.05) is 13.2 Å². The molecule has 0 fully saturated rings. The van der Waals surface area contributed by atoms with E-state index in [0.717, 1.165) is 83.5 Å². The first kappa shape index (κ1) is 78.8. The minimum atomic E-state index is -0.851. The van der Waals surface area contributed by atoms with Gasteiger partial charge in [0, 0.05) is 19.3 Å². The first-order chi connectivity index (χ1) is 41.0. The van der Waals surface area contributed by atoms with Crippen LogP contribution in [0, 0.1) is 0 Å². The van der Waals surface area contributed by atoms with E-state index >= 15 is 0 Å². The Labute approximate surface area is 513 Å². The third kappa shape index (κ3) is 68.5. The van der Waals surface area contributed by atoms with E-state index < -0.39 is 12.1 Å². The number of esters is 3. The number of allylic oxidation sites excluding steroid dienone is 20. The number of carbonyl (C=O) groups excluding carboxylic acids is 3. The minimum Gasteiger partial charge on any atom is -0.462 e. The van der Waals surface area contributed by atoms with Crippen molar-refractivity contribution >= 4 is 17.9 Å². The predicted molar refractivity (Wildman–Crippen MR) is 362 cm³/mol. The molecule has 474 valence electrons. The van der Waals surface area contributed by atoms with Crippen molar-refractivity contribution in [1.29, 1.82) is 0 Å². The van der Waals surface area contributed by atoms with Crippen LogP contribution in [0.4, 0.5) is 0 Å². The van der Waals surface area contributed by atoms with Crippen LogP contribution in [0.5, 0.6) is 0 Å². The van der Waals surface area contributed by atoms with Crippen molar-refractivity contribution in [2.24, 2.45) is 0 Å². The number of ether oxygens (including phenoxy) is 3. The molecule has 6 nitrogen and oxygen atoms in total. The summed E-state index contributed by atoms with van der Waals surface area (Å²) in [5, 5.41) is 0. The lowest BCUT2D eigenvalue weighted by molar-refractivity contribution is -0.166. The molecule has 0 N–H and O–H groups in total. The van der Waals surface area contributed by atoms with Crippen LogP contribution >= 0.6 is 0 Å². The van der Waals surface area contributed by atoms with E-state index in [1.807, 2.05) is 24.3 Å². The zero-order valence-corrected chi connectivity index (χ0v) is 54.4. The van der Waals surface area contributed by atoms with Crippen LogP contribution in [0.25, 0.3) is 0 Å². The lowest BCUT2D eigenvalue weighted by Crippen LogP contribution is -2.30. The molecule has 1 atom stereocenters. The average molecular weight is 1150 g/mol. The Kier molecular flexibility index (Phi) is 66.7. The summed E-state index contributed by atoms with van der Waals surface area (Å²) in [5.74, 6) is -1.09. The van der Waals surface area contributed by atoms with Gasteiger partial charge in [-0.2, -0.15) is 0 Å². The normalized spacial score (nSPS) is 12.9. The predicted octanol–water partition coefficient (Wildman–Crippen LogP) is 24.3. The van der Waals surface area contributed by atoms with Gasteiger partial charge in [0.1, 0.15) is 13.2 Å². The maximum atomic E-state index is 12.9. The molecule has 0 aromatic rings. The molecule has 0 aliphatic heterocycles. The molecular formula is C77H130O6. The smallest absolute Gasteiger partial charge is 0.306 e. The summed E-state index contributed by atoms with van der Waals surface area (Å²) in [6.07, 6.45) is 98.6. The summed E-state index contributed by atoms with van der Waals surface area (Å²) in [6, 6.07) is 0. The van der Waals surface area contributed by atoms with Gasteiger partial charge in [0.25, 0.3) is 0 Å². The molecule has 0 aromatic heterocycles. The highest BCUT2D eigenvalue weighted by atomic mass is 16.6. The number of rotatable bonds is 63. The second kappa shape index (κ2) is 70.3. The molecule has 0 aliphatic rings. The van der Waals surface area contributed by atoms with Crippen molar-refractivity contribution in [1.82, 2.24) is 0 Å². The van der Waals surface area contributed by atoms with Crippen LogP contribution in [-0.4, -0.2) is 37.2 Å². The summed E-state index contributed by atoms with van der Waals surface area (Å²) >= 11 is 0. The number of unbranched alkanes of at least 4 members (excludes halogenated alkanes) is 32. The van der Waals surface area contributed by atoms with Crippen LogP contribution in [0.2, 0.25) is 0 Å². The van der Waals surface area contributed by atoms with E-state index in [1.54, 1.807) is 0 Å². The molecule has 0 radical (unpaired) electrons. The Hall–Kier alpha value is -4.19. The molecule has 0 bridgehead atoms. The third-order valence-electron chi connectivity index (χ3n) is 15.0. The van der Waals surface area contributed by atoms with Gasteiger partial charge in [0.2, 0.25) is 0 Å². The maximum Gasteiger partial charge on any atom is 0.306 e. The summed E-state index contributed by atoms with van der Waals surface area (Å²) in [7, 11) is 0. The van der Waals surface area contributed by atoms with Gasteiger partial charge in [-0.15, -0.1) is 0 Å². The van der Waals surface area contributed by atoms with Gasteiger partial charge in [-0.3, -0.25) is 14.4 Å². The Morgan fingerprint density at radius 1 is 0.253 bits per heavy atom. The van der Waals surface area contributed by atoms with Gasteiger partial charge in [-0.05, 0) is 83.5 Å². The Morgan fingerprint density at radius 2 is 0.470 bits per heavy atom. The zero-order chi connectivity index (χ0) is 59.9. The summed E-state index contributed by atoms with van der Waals surface area (Å²) < 4.78 is 16.8. The van der Waals surface area contributed by atoms with Crippen molar-refractivity contribution in [2.45, 2.75) is 335 Å². The van der Waals surface area contributed by atoms with Crippen LogP contribution in [0.15, 0.2) is 122 Å². The Morgan fingerprint density at radius 3 is 0.735 bits per heavy atom. The summed E-state index contributed by atoms with van der Waals surface area (Å²) in [4.78, 5) is 38.2. The highest BCUT2D eigenvalue weighted by molar-refractivity contribution is 5.71. The molecule has 83 heavy (non-hydrogen) atoms. The van der Waals surface area contributed by atoms with Gasteiger partial charge in [-0.1, -0.05) is 348 Å². The third-order valence-corrected chi connectivity index (χ3v) is 15.0. The maximum absolute atomic E-state index is 12.9. The van der Waals surface area contributed by atoms with E-state index in [1.165, 1.54) is 193 Å². The lowest BCUT2D eigenvalue weighted by atomic mass is 10.0. The van der Waals surface area contributed by atoms with E-state index in [2.05, 4.69) is 118 Å². The fourth-order valence-electron chi connectivity index (χ4n) is 9.84. The number of hydrogen-bond donors (Lipinski definition) is 0. The molecule has 1 unspecified atom stereocenters. The van der Waals surface area contributed by atoms with Crippen LogP contribution in [-0.2, 0) is 28.6 Å². The first-order valence-corrected chi connectivity index (χ1v) is 35.0. The quantitative estimate of drug-likeness (QED) is 0.0261. The van der Waals surface area contributed by atoms with E-state index in [9.17, 15) is 14.4 Å². The molecule has 0 amide bonds. The van der Waals surface area contributed by atoms with E-state index in [-0.39, 0.29) is 38.0 Å². The fourth-order valence-corrected chi connectivity index (χ4v) is 9.84. The van der Waals surface area contributed by atoms with Crippen molar-refractivity contribution < 1.29 is 28.6 Å². The lowest BCUT2D eigenvalue weighted by Gasteiger charge is -2.18. The second-order valence-electron chi connectivity index (χ2n) is 23.0. The van der Waals surface area contributed by atoms with Gasteiger partial charge in [0.05, 0.1) is 0 Å². The standard InChI is InChI=1S/C77H130O6/c1-4-7-10-13-16-19-22-25-27-29-31-32-33-34-35-36-37-38-39-40-41-42-43-44-46-47-49-52-55-58-61-64-67-70-76(79)82-73-74(72-81-75(78)69-66-63-60-57-54-51-24-21-18-15-12-9-6-3)83-77(80)71-68-65-62-59-56-53-50-48-45-30-28-26-23-20-17-14-11-8-5-2/h8-9,11-12,17-18,20-21,26,28,45,48,51,53-54,56,60,62-63,65,74H,4-7,10,13-16,19,22-25,27,29-44,46-47,49-50,52,55,57-59,61,64,66-73H2,1-3H3/b11-8-,12-9-,20-17-,21-18-,28-26-,48-45-,54-51-,56-53-,63-60-,65-62-. The first-order valence-electron chi connectivity index (χ1n) is 35.0. The highest BCUT2D eigenvalue weighted by Gasteiger charge is 2.19. The van der Waals surface area contributed by atoms with Crippen LogP contribution in [0.1, 0.15) is 329 Å². The molecule has 0 aromatic carbocycles. The van der Waals surface area contributed by atoms with Crippen molar-refractivity contribution in [3.05, 3.63) is 122 Å². The van der Waals surface area contributed by atoms with Crippen LogP contribution < -0.4 is 0 Å². The van der Waals surface area contributed by atoms with E-state index in [4.69, 9.17) is 14.2 Å². The van der Waals surface area contributed by atoms with Gasteiger partial charge >= 0.3 is 17.9 Å². The van der Waals surface area contributed by atoms with Gasteiger partial charge < -0.3 is 14.2 Å². The molecule has 0 spiro atoms. The molecule has 0 aliphatic carbocycles. The Bertz CT molecular complexity index is 1700. The highest BCUT2D eigenvalue weighted by Crippen LogP contribution is 2.18. The molecule has 0 heterocycles. The molecule has 0 rings (SSSR count). The van der Waals surface area contributed by atoms with Crippen molar-refractivity contribution in [3.63, 3.8) is 0 Å². The van der Waals surface area contributed by atoms with Crippen LogP contribution in [0.3, 0.4) is 0 Å². The van der Waals surface area contributed by atoms with Gasteiger partial charge in [0.15, 0.2) is 6.10 Å².